The van der Waals surface area contributed by atoms with Crippen LogP contribution in [-0.2, 0) is 6.42 Å². The first-order valence-corrected chi connectivity index (χ1v) is 6.60. The van der Waals surface area contributed by atoms with Crippen LogP contribution >= 0.6 is 15.9 Å². The molecule has 1 heterocycles. The molecule has 0 bridgehead atoms. The molecular formula is C13H13BrFN3O. The highest BCUT2D eigenvalue weighted by molar-refractivity contribution is 9.10. The Morgan fingerprint density at radius 3 is 2.68 bits per heavy atom. The molecule has 1 aromatic heterocycles. The molecule has 6 heteroatoms. The molecule has 1 aromatic carbocycles. The highest BCUT2D eigenvalue weighted by Gasteiger charge is 2.14. The van der Waals surface area contributed by atoms with Gasteiger partial charge in [-0.15, -0.1) is 0 Å². The van der Waals surface area contributed by atoms with Crippen molar-refractivity contribution in [3.05, 3.63) is 51.5 Å². The van der Waals surface area contributed by atoms with E-state index in [0.717, 1.165) is 11.3 Å². The third kappa shape index (κ3) is 3.41. The predicted molar refractivity (Wildman–Crippen MR) is 73.5 cm³/mol. The van der Waals surface area contributed by atoms with Gasteiger partial charge in [0.2, 0.25) is 0 Å². The summed E-state index contributed by atoms with van der Waals surface area (Å²) in [6, 6.07) is 6.22. The molecule has 2 N–H and O–H groups in total. The van der Waals surface area contributed by atoms with E-state index in [1.54, 1.807) is 12.1 Å². The van der Waals surface area contributed by atoms with E-state index in [9.17, 15) is 9.18 Å². The zero-order chi connectivity index (χ0) is 13.8. The van der Waals surface area contributed by atoms with Crippen LogP contribution in [-0.4, -0.2) is 22.6 Å². The molecule has 19 heavy (non-hydrogen) atoms. The first-order chi connectivity index (χ1) is 9.08. The highest BCUT2D eigenvalue weighted by Crippen LogP contribution is 2.17. The van der Waals surface area contributed by atoms with E-state index in [2.05, 4.69) is 31.4 Å². The lowest BCUT2D eigenvalue weighted by Gasteiger charge is -2.04. The van der Waals surface area contributed by atoms with Crippen LogP contribution in [0.2, 0.25) is 0 Å². The number of carbonyl (C=O) groups is 1. The highest BCUT2D eigenvalue weighted by atomic mass is 79.9. The zero-order valence-electron chi connectivity index (χ0n) is 10.3. The van der Waals surface area contributed by atoms with E-state index in [-0.39, 0.29) is 11.7 Å². The number of benzene rings is 1. The smallest absolute Gasteiger partial charge is 0.272 e. The summed E-state index contributed by atoms with van der Waals surface area (Å²) in [5.41, 5.74) is 2.12. The van der Waals surface area contributed by atoms with Gasteiger partial charge in [0, 0.05) is 12.2 Å². The Morgan fingerprint density at radius 2 is 2.11 bits per heavy atom. The fourth-order valence-corrected chi connectivity index (χ4v) is 1.98. The number of carbonyl (C=O) groups excluding carboxylic acids is 1. The van der Waals surface area contributed by atoms with Crippen LogP contribution in [0.5, 0.6) is 0 Å². The number of amides is 1. The Morgan fingerprint density at radius 1 is 1.42 bits per heavy atom. The topological polar surface area (TPSA) is 57.8 Å². The lowest BCUT2D eigenvalue weighted by atomic mass is 10.1. The summed E-state index contributed by atoms with van der Waals surface area (Å²) in [6.45, 7) is 2.30. The van der Waals surface area contributed by atoms with Crippen LogP contribution in [0, 0.1) is 12.7 Å². The van der Waals surface area contributed by atoms with Crippen molar-refractivity contribution in [1.82, 2.24) is 15.5 Å². The molecule has 2 rings (SSSR count). The van der Waals surface area contributed by atoms with Crippen molar-refractivity contribution in [3.63, 3.8) is 0 Å². The normalized spacial score (nSPS) is 10.5. The van der Waals surface area contributed by atoms with E-state index in [0.29, 0.717) is 23.1 Å². The van der Waals surface area contributed by atoms with Crippen LogP contribution in [0.25, 0.3) is 0 Å². The minimum Gasteiger partial charge on any atom is -0.350 e. The van der Waals surface area contributed by atoms with Gasteiger partial charge in [0.05, 0.1) is 4.47 Å². The SMILES string of the molecule is Cc1[nH]nc(C(=O)NCCc2ccc(F)cc2)c1Br. The second-order valence-electron chi connectivity index (χ2n) is 4.14. The molecule has 100 valence electrons. The molecule has 1 amide bonds. The van der Waals surface area contributed by atoms with E-state index < -0.39 is 0 Å². The van der Waals surface area contributed by atoms with Crippen LogP contribution in [0.15, 0.2) is 28.7 Å². The summed E-state index contributed by atoms with van der Waals surface area (Å²) in [5, 5.41) is 9.42. The van der Waals surface area contributed by atoms with E-state index >= 15 is 0 Å². The Bertz CT molecular complexity index is 580. The molecule has 0 fully saturated rings. The molecule has 0 spiro atoms. The maximum atomic E-state index is 12.7. The number of H-pyrrole nitrogens is 1. The molecule has 0 unspecified atom stereocenters. The zero-order valence-corrected chi connectivity index (χ0v) is 11.9. The maximum Gasteiger partial charge on any atom is 0.272 e. The lowest BCUT2D eigenvalue weighted by Crippen LogP contribution is -2.26. The molecule has 0 saturated heterocycles. The van der Waals surface area contributed by atoms with Crippen molar-refractivity contribution in [1.29, 1.82) is 0 Å². The summed E-state index contributed by atoms with van der Waals surface area (Å²) >= 11 is 3.30. The van der Waals surface area contributed by atoms with E-state index in [4.69, 9.17) is 0 Å². The molecule has 0 radical (unpaired) electrons. The van der Waals surface area contributed by atoms with Crippen molar-refractivity contribution in [2.24, 2.45) is 0 Å². The van der Waals surface area contributed by atoms with Crippen molar-refractivity contribution in [3.8, 4) is 0 Å². The molecule has 4 nitrogen and oxygen atoms in total. The van der Waals surface area contributed by atoms with Crippen LogP contribution in [0.3, 0.4) is 0 Å². The van der Waals surface area contributed by atoms with Gasteiger partial charge in [0.25, 0.3) is 5.91 Å². The van der Waals surface area contributed by atoms with Gasteiger partial charge in [-0.3, -0.25) is 9.89 Å². The molecular weight excluding hydrogens is 313 g/mol. The van der Waals surface area contributed by atoms with Gasteiger partial charge >= 0.3 is 0 Å². The minimum atomic E-state index is -0.260. The minimum absolute atomic E-state index is 0.238. The van der Waals surface area contributed by atoms with Crippen LogP contribution in [0.1, 0.15) is 21.7 Å². The summed E-state index contributed by atoms with van der Waals surface area (Å²) in [4.78, 5) is 11.8. The van der Waals surface area contributed by atoms with Gasteiger partial charge in [-0.05, 0) is 47.0 Å². The van der Waals surface area contributed by atoms with E-state index in [1.807, 2.05) is 6.92 Å². The number of rotatable bonds is 4. The molecule has 0 atom stereocenters. The van der Waals surface area contributed by atoms with Gasteiger partial charge in [0.1, 0.15) is 5.82 Å². The van der Waals surface area contributed by atoms with Gasteiger partial charge in [-0.25, -0.2) is 4.39 Å². The van der Waals surface area contributed by atoms with Crippen molar-refractivity contribution < 1.29 is 9.18 Å². The van der Waals surface area contributed by atoms with E-state index in [1.165, 1.54) is 12.1 Å². The maximum absolute atomic E-state index is 12.7. The number of aromatic nitrogens is 2. The van der Waals surface area contributed by atoms with Crippen LogP contribution in [0.4, 0.5) is 4.39 Å². The Kier molecular flexibility index (Phi) is 4.31. The largest absolute Gasteiger partial charge is 0.350 e. The number of halogens is 2. The predicted octanol–water partition coefficient (Wildman–Crippen LogP) is 2.59. The standard InChI is InChI=1S/C13H13BrFN3O/c1-8-11(14)12(18-17-8)13(19)16-7-6-9-2-4-10(15)5-3-9/h2-5H,6-7H2,1H3,(H,16,19)(H,17,18). The average molecular weight is 326 g/mol. The van der Waals surface area contributed by atoms with Crippen LogP contribution < -0.4 is 5.32 Å². The number of hydrogen-bond acceptors (Lipinski definition) is 2. The Hall–Kier alpha value is -1.69. The first kappa shape index (κ1) is 13.7. The second kappa shape index (κ2) is 5.97. The number of nitrogens with one attached hydrogen (secondary N) is 2. The summed E-state index contributed by atoms with van der Waals surface area (Å²) < 4.78 is 13.4. The molecule has 2 aromatic rings. The number of hydrogen-bond donors (Lipinski definition) is 2. The summed E-state index contributed by atoms with van der Waals surface area (Å²) in [5.74, 6) is -0.498. The first-order valence-electron chi connectivity index (χ1n) is 5.81. The Balaban J connectivity index is 1.87. The van der Waals surface area contributed by atoms with Crippen molar-refractivity contribution in [2.45, 2.75) is 13.3 Å². The third-order valence-electron chi connectivity index (χ3n) is 2.70. The molecule has 0 aliphatic rings. The average Bonchev–Trinajstić information content (AvgIpc) is 2.72. The fraction of sp³-hybridized carbons (Fsp3) is 0.231. The quantitative estimate of drug-likeness (QED) is 0.907. The van der Waals surface area contributed by atoms with Crippen molar-refractivity contribution in [2.75, 3.05) is 6.54 Å². The fourth-order valence-electron chi connectivity index (χ4n) is 1.62. The molecule has 0 aliphatic carbocycles. The number of nitrogens with zero attached hydrogens (tertiary/aromatic N) is 1. The molecule has 0 aliphatic heterocycles. The van der Waals surface area contributed by atoms with Crippen molar-refractivity contribution >= 4 is 21.8 Å². The van der Waals surface area contributed by atoms with Gasteiger partial charge < -0.3 is 5.32 Å². The third-order valence-corrected chi connectivity index (χ3v) is 3.67. The lowest BCUT2D eigenvalue weighted by molar-refractivity contribution is 0.0948. The Labute approximate surface area is 118 Å². The summed E-state index contributed by atoms with van der Waals surface area (Å²) in [6.07, 6.45) is 0.646. The molecule has 0 saturated carbocycles. The number of aromatic amines is 1. The monoisotopic (exact) mass is 325 g/mol. The van der Waals surface area contributed by atoms with Gasteiger partial charge in [0.15, 0.2) is 5.69 Å². The second-order valence-corrected chi connectivity index (χ2v) is 4.94. The summed E-state index contributed by atoms with van der Waals surface area (Å²) in [7, 11) is 0. The van der Waals surface area contributed by atoms with Gasteiger partial charge in [-0.2, -0.15) is 5.10 Å². The number of aryl methyl sites for hydroxylation is 1. The van der Waals surface area contributed by atoms with Gasteiger partial charge in [-0.1, -0.05) is 12.1 Å².